The molecule has 1 aromatic heterocycles. The van der Waals surface area contributed by atoms with Crippen molar-refractivity contribution in [2.75, 3.05) is 12.9 Å². The van der Waals surface area contributed by atoms with Gasteiger partial charge in [-0.15, -0.1) is 11.3 Å². The van der Waals surface area contributed by atoms with Gasteiger partial charge >= 0.3 is 5.97 Å². The van der Waals surface area contributed by atoms with Gasteiger partial charge in [0.1, 0.15) is 6.04 Å². The van der Waals surface area contributed by atoms with Crippen molar-refractivity contribution in [3.05, 3.63) is 59.7 Å². The third-order valence-electron chi connectivity index (χ3n) is 4.64. The van der Waals surface area contributed by atoms with Crippen molar-refractivity contribution in [2.45, 2.75) is 23.3 Å². The first-order chi connectivity index (χ1) is 13.2. The highest BCUT2D eigenvalue weighted by Gasteiger charge is 2.35. The smallest absolute Gasteiger partial charge is 0.328 e. The average Bonchev–Trinajstić information content (AvgIpc) is 3.13. The number of fused-ring (bicyclic) bond motifs is 2. The molecule has 0 N–H and O–H groups in total. The Kier molecular flexibility index (Phi) is 5.13. The molecule has 2 heterocycles. The minimum absolute atomic E-state index is 0.0795. The summed E-state index contributed by atoms with van der Waals surface area (Å²) in [5.74, 6) is -0.206. The summed E-state index contributed by atoms with van der Waals surface area (Å²) in [6.07, 6.45) is 0.486. The predicted molar refractivity (Wildman–Crippen MR) is 107 cm³/mol. The van der Waals surface area contributed by atoms with Gasteiger partial charge in [-0.3, -0.25) is 4.79 Å². The van der Waals surface area contributed by atoms with Gasteiger partial charge in [0.15, 0.2) is 4.34 Å². The van der Waals surface area contributed by atoms with Crippen LogP contribution in [-0.2, 0) is 27.3 Å². The molecule has 4 rings (SSSR count). The van der Waals surface area contributed by atoms with E-state index in [2.05, 4.69) is 4.98 Å². The fourth-order valence-corrected chi connectivity index (χ4v) is 5.21. The lowest BCUT2D eigenvalue weighted by Crippen LogP contribution is -2.49. The Labute approximate surface area is 165 Å². The Balaban J connectivity index is 1.51. The van der Waals surface area contributed by atoms with Crippen molar-refractivity contribution in [3.63, 3.8) is 0 Å². The fourth-order valence-electron chi connectivity index (χ4n) is 3.25. The second-order valence-electron chi connectivity index (χ2n) is 6.27. The van der Waals surface area contributed by atoms with E-state index in [1.54, 1.807) is 16.2 Å². The summed E-state index contributed by atoms with van der Waals surface area (Å²) < 4.78 is 6.90. The minimum atomic E-state index is -0.576. The zero-order chi connectivity index (χ0) is 18.8. The van der Waals surface area contributed by atoms with E-state index in [0.29, 0.717) is 13.0 Å². The maximum Gasteiger partial charge on any atom is 0.328 e. The van der Waals surface area contributed by atoms with Crippen LogP contribution in [0.5, 0.6) is 0 Å². The number of thiazole rings is 1. The van der Waals surface area contributed by atoms with Crippen molar-refractivity contribution < 1.29 is 14.3 Å². The molecule has 7 heteroatoms. The Morgan fingerprint density at radius 3 is 2.70 bits per heavy atom. The summed E-state index contributed by atoms with van der Waals surface area (Å²) in [5.41, 5.74) is 3.11. The van der Waals surface area contributed by atoms with Gasteiger partial charge in [-0.25, -0.2) is 9.78 Å². The van der Waals surface area contributed by atoms with Gasteiger partial charge in [0.2, 0.25) is 5.91 Å². The summed E-state index contributed by atoms with van der Waals surface area (Å²) in [7, 11) is 1.36. The Bertz CT molecular complexity index is 969. The van der Waals surface area contributed by atoms with E-state index < -0.39 is 6.04 Å². The predicted octanol–water partition coefficient (Wildman–Crippen LogP) is 3.51. The van der Waals surface area contributed by atoms with Crippen molar-refractivity contribution in [2.24, 2.45) is 0 Å². The molecule has 1 aliphatic rings. The third kappa shape index (κ3) is 3.70. The van der Waals surface area contributed by atoms with Gasteiger partial charge in [0.25, 0.3) is 0 Å². The van der Waals surface area contributed by atoms with E-state index in [-0.39, 0.29) is 17.6 Å². The van der Waals surface area contributed by atoms with Crippen LogP contribution in [-0.4, -0.2) is 40.7 Å². The fraction of sp³-hybridized carbons (Fsp3) is 0.250. The van der Waals surface area contributed by atoms with E-state index in [0.717, 1.165) is 25.7 Å². The quantitative estimate of drug-likeness (QED) is 0.497. The lowest BCUT2D eigenvalue weighted by Gasteiger charge is -2.35. The Morgan fingerprint density at radius 1 is 1.19 bits per heavy atom. The minimum Gasteiger partial charge on any atom is -0.467 e. The van der Waals surface area contributed by atoms with Crippen molar-refractivity contribution >= 4 is 45.2 Å². The molecule has 0 bridgehead atoms. The molecular weight excluding hydrogens is 380 g/mol. The summed E-state index contributed by atoms with van der Waals surface area (Å²) in [6.45, 7) is 0.426. The molecule has 1 aliphatic heterocycles. The molecular formula is C20H18N2O3S2. The first-order valence-corrected chi connectivity index (χ1v) is 10.4. The van der Waals surface area contributed by atoms with Crippen LogP contribution in [0.3, 0.4) is 0 Å². The number of para-hydroxylation sites is 1. The number of rotatable bonds is 4. The number of methoxy groups -OCH3 is 1. The molecule has 27 heavy (non-hydrogen) atoms. The molecule has 3 aromatic rings. The number of nitrogens with zero attached hydrogens (tertiary/aromatic N) is 2. The van der Waals surface area contributed by atoms with Crippen LogP contribution >= 0.6 is 23.1 Å². The van der Waals surface area contributed by atoms with Crippen LogP contribution in [0.25, 0.3) is 10.2 Å². The highest BCUT2D eigenvalue weighted by Crippen LogP contribution is 2.30. The molecule has 1 atom stereocenters. The van der Waals surface area contributed by atoms with Crippen molar-refractivity contribution in [3.8, 4) is 0 Å². The van der Waals surface area contributed by atoms with E-state index in [4.69, 9.17) is 4.74 Å². The summed E-state index contributed by atoms with van der Waals surface area (Å²) >= 11 is 2.99. The molecule has 0 radical (unpaired) electrons. The van der Waals surface area contributed by atoms with Gasteiger partial charge in [0.05, 0.1) is 23.1 Å². The first-order valence-electron chi connectivity index (χ1n) is 8.58. The first kappa shape index (κ1) is 18.0. The molecule has 1 amide bonds. The molecule has 0 aliphatic carbocycles. The number of thioether (sulfide) groups is 1. The van der Waals surface area contributed by atoms with Crippen LogP contribution < -0.4 is 0 Å². The number of esters is 1. The Hall–Kier alpha value is -2.38. The standard InChI is InChI=1S/C20H18N2O3S2/c1-25-19(24)16-10-13-6-2-3-7-14(13)11-22(16)18(23)12-26-20-21-15-8-4-5-9-17(15)27-20/h2-9,16H,10-12H2,1H3/t16-/m0/s1. The van der Waals surface area contributed by atoms with E-state index in [1.807, 2.05) is 48.5 Å². The van der Waals surface area contributed by atoms with Crippen LogP contribution in [0, 0.1) is 0 Å². The highest BCUT2D eigenvalue weighted by atomic mass is 32.2. The zero-order valence-electron chi connectivity index (χ0n) is 14.8. The number of carbonyl (C=O) groups is 2. The maximum absolute atomic E-state index is 12.9. The lowest BCUT2D eigenvalue weighted by molar-refractivity contribution is -0.153. The number of amides is 1. The number of carbonyl (C=O) groups excluding carboxylic acids is 2. The van der Waals surface area contributed by atoms with Gasteiger partial charge in [-0.05, 0) is 23.3 Å². The van der Waals surface area contributed by atoms with Crippen LogP contribution in [0.15, 0.2) is 52.9 Å². The molecule has 0 saturated carbocycles. The lowest BCUT2D eigenvalue weighted by atomic mass is 9.94. The average molecular weight is 399 g/mol. The number of hydrogen-bond acceptors (Lipinski definition) is 6. The SMILES string of the molecule is COC(=O)[C@@H]1Cc2ccccc2CN1C(=O)CSc1nc2ccccc2s1. The molecule has 0 unspecified atom stereocenters. The van der Waals surface area contributed by atoms with Crippen LogP contribution in [0.2, 0.25) is 0 Å². The monoisotopic (exact) mass is 398 g/mol. The van der Waals surface area contributed by atoms with Crippen LogP contribution in [0.1, 0.15) is 11.1 Å². The molecule has 0 fully saturated rings. The molecule has 0 saturated heterocycles. The van der Waals surface area contributed by atoms with Crippen LogP contribution in [0.4, 0.5) is 0 Å². The highest BCUT2D eigenvalue weighted by molar-refractivity contribution is 8.01. The number of benzene rings is 2. The Morgan fingerprint density at radius 2 is 1.93 bits per heavy atom. The molecule has 5 nitrogen and oxygen atoms in total. The summed E-state index contributed by atoms with van der Waals surface area (Å²) in [5, 5.41) is 0. The topological polar surface area (TPSA) is 59.5 Å². The second kappa shape index (κ2) is 7.70. The molecule has 138 valence electrons. The number of aromatic nitrogens is 1. The molecule has 0 spiro atoms. The van der Waals surface area contributed by atoms with Crippen molar-refractivity contribution in [1.29, 1.82) is 0 Å². The zero-order valence-corrected chi connectivity index (χ0v) is 16.4. The van der Waals surface area contributed by atoms with Gasteiger partial charge in [-0.2, -0.15) is 0 Å². The van der Waals surface area contributed by atoms with Gasteiger partial charge in [-0.1, -0.05) is 48.2 Å². The van der Waals surface area contributed by atoms with E-state index in [1.165, 1.54) is 18.9 Å². The third-order valence-corrected chi connectivity index (χ3v) is 6.80. The van der Waals surface area contributed by atoms with E-state index in [9.17, 15) is 9.59 Å². The van der Waals surface area contributed by atoms with Gasteiger partial charge in [0, 0.05) is 13.0 Å². The summed E-state index contributed by atoms with van der Waals surface area (Å²) in [4.78, 5) is 31.3. The summed E-state index contributed by atoms with van der Waals surface area (Å²) in [6, 6.07) is 15.3. The normalized spacial score (nSPS) is 16.2. The van der Waals surface area contributed by atoms with E-state index >= 15 is 0 Å². The number of ether oxygens (including phenoxy) is 1. The molecule has 2 aromatic carbocycles. The largest absolute Gasteiger partial charge is 0.467 e. The second-order valence-corrected chi connectivity index (χ2v) is 8.52. The maximum atomic E-state index is 12.9. The van der Waals surface area contributed by atoms with Crippen molar-refractivity contribution in [1.82, 2.24) is 9.88 Å². The number of hydrogen-bond donors (Lipinski definition) is 0. The van der Waals surface area contributed by atoms with Gasteiger partial charge < -0.3 is 9.64 Å².